The smallest absolute Gasteiger partial charge is 0.00127 e. The molecule has 0 saturated carbocycles. The predicted molar refractivity (Wildman–Crippen MR) is 60.0 cm³/mol. The summed E-state index contributed by atoms with van der Waals surface area (Å²) in [7, 11) is 0. The Hall–Kier alpha value is 0.310. The van der Waals surface area contributed by atoms with E-state index in [1.54, 1.807) is 0 Å². The fourth-order valence-corrected chi connectivity index (χ4v) is 1.59. The molecule has 0 aromatic carbocycles. The highest BCUT2D eigenvalue weighted by atomic mass is 32.1. The minimum atomic E-state index is 0.773. The van der Waals surface area contributed by atoms with E-state index in [0.29, 0.717) is 0 Å². The summed E-state index contributed by atoms with van der Waals surface area (Å²) in [5, 5.41) is 3.47. The number of unbranched alkanes of at least 4 members (excludes halogenated alkanes) is 1. The third-order valence-electron chi connectivity index (χ3n) is 2.10. The van der Waals surface area contributed by atoms with Crippen LogP contribution in [-0.2, 0) is 0 Å². The van der Waals surface area contributed by atoms with Crippen LogP contribution in [0.25, 0.3) is 0 Å². The third-order valence-corrected chi connectivity index (χ3v) is 2.61. The number of thiol groups is 1. The van der Waals surface area contributed by atoms with Gasteiger partial charge in [0.05, 0.1) is 0 Å². The highest BCUT2D eigenvalue weighted by molar-refractivity contribution is 7.80. The summed E-state index contributed by atoms with van der Waals surface area (Å²) >= 11 is 4.33. The van der Waals surface area contributed by atoms with Crippen LogP contribution >= 0.6 is 12.6 Å². The largest absolute Gasteiger partial charge is 0.316 e. The average molecular weight is 189 g/mol. The molecule has 0 rings (SSSR count). The Morgan fingerprint density at radius 3 is 2.50 bits per heavy atom. The van der Waals surface area contributed by atoms with Crippen LogP contribution in [0.2, 0.25) is 0 Å². The molecule has 1 unspecified atom stereocenters. The Bertz CT molecular complexity index is 85.9. The molecule has 0 aromatic rings. The van der Waals surface area contributed by atoms with Crippen LogP contribution in [0.5, 0.6) is 0 Å². The predicted octanol–water partition coefficient (Wildman–Crippen LogP) is 2.72. The van der Waals surface area contributed by atoms with E-state index in [1.165, 1.54) is 32.2 Å². The molecular weight excluding hydrogens is 166 g/mol. The Kier molecular flexibility index (Phi) is 9.64. The highest BCUT2D eigenvalue weighted by Gasteiger charge is 2.03. The van der Waals surface area contributed by atoms with E-state index >= 15 is 0 Å². The molecule has 1 atom stereocenters. The summed E-state index contributed by atoms with van der Waals surface area (Å²) in [6.07, 6.45) is 5.17. The maximum Gasteiger partial charge on any atom is -0.00127 e. The van der Waals surface area contributed by atoms with Gasteiger partial charge in [0.15, 0.2) is 0 Å². The van der Waals surface area contributed by atoms with Crippen molar-refractivity contribution in [3.8, 4) is 0 Å². The second kappa shape index (κ2) is 9.40. The Labute approximate surface area is 82.7 Å². The first-order valence-electron chi connectivity index (χ1n) is 5.16. The van der Waals surface area contributed by atoms with Crippen LogP contribution in [0.3, 0.4) is 0 Å². The van der Waals surface area contributed by atoms with Crippen molar-refractivity contribution in [3.05, 3.63) is 0 Å². The summed E-state index contributed by atoms with van der Waals surface area (Å²) in [4.78, 5) is 0. The molecule has 1 N–H and O–H groups in total. The molecular formula is C10H23NS. The van der Waals surface area contributed by atoms with Gasteiger partial charge in [0, 0.05) is 0 Å². The number of hydrogen-bond donors (Lipinski definition) is 2. The van der Waals surface area contributed by atoms with Crippen LogP contribution in [0.1, 0.15) is 39.5 Å². The van der Waals surface area contributed by atoms with Gasteiger partial charge in [0.25, 0.3) is 0 Å². The van der Waals surface area contributed by atoms with Crippen LogP contribution < -0.4 is 5.32 Å². The number of rotatable bonds is 8. The second-order valence-corrected chi connectivity index (χ2v) is 3.76. The Morgan fingerprint density at radius 1 is 1.25 bits per heavy atom. The molecule has 0 amide bonds. The van der Waals surface area contributed by atoms with E-state index < -0.39 is 0 Å². The van der Waals surface area contributed by atoms with E-state index in [-0.39, 0.29) is 0 Å². The first-order chi connectivity index (χ1) is 5.85. The van der Waals surface area contributed by atoms with Gasteiger partial charge in [-0.3, -0.25) is 0 Å². The molecule has 2 heteroatoms. The summed E-state index contributed by atoms with van der Waals surface area (Å²) in [6, 6.07) is 0. The molecule has 0 heterocycles. The Morgan fingerprint density at radius 2 is 2.00 bits per heavy atom. The quantitative estimate of drug-likeness (QED) is 0.442. The molecule has 0 bridgehead atoms. The highest BCUT2D eigenvalue weighted by Crippen LogP contribution is 2.06. The van der Waals surface area contributed by atoms with Crippen molar-refractivity contribution >= 4 is 12.6 Å². The maximum atomic E-state index is 4.33. The zero-order valence-corrected chi connectivity index (χ0v) is 9.37. The van der Waals surface area contributed by atoms with Gasteiger partial charge in [-0.1, -0.05) is 26.7 Å². The molecule has 0 saturated heterocycles. The third kappa shape index (κ3) is 6.99. The van der Waals surface area contributed by atoms with Crippen LogP contribution in [0, 0.1) is 5.92 Å². The molecule has 0 fully saturated rings. The zero-order chi connectivity index (χ0) is 9.23. The van der Waals surface area contributed by atoms with Gasteiger partial charge in [0.1, 0.15) is 0 Å². The van der Waals surface area contributed by atoms with Crippen molar-refractivity contribution in [2.24, 2.45) is 5.92 Å². The molecule has 0 aliphatic heterocycles. The van der Waals surface area contributed by atoms with Gasteiger partial charge in [-0.25, -0.2) is 0 Å². The van der Waals surface area contributed by atoms with Gasteiger partial charge in [-0.05, 0) is 37.6 Å². The standard InChI is InChI=1S/C10H23NS/c1-3-5-7-11-8-10(9-12)6-4-2/h10-12H,3-9H2,1-2H3. The van der Waals surface area contributed by atoms with Gasteiger partial charge in [-0.2, -0.15) is 12.6 Å². The van der Waals surface area contributed by atoms with Gasteiger partial charge in [-0.15, -0.1) is 0 Å². The van der Waals surface area contributed by atoms with E-state index in [2.05, 4.69) is 31.8 Å². The van der Waals surface area contributed by atoms with Crippen LogP contribution in [-0.4, -0.2) is 18.8 Å². The fourth-order valence-electron chi connectivity index (χ4n) is 1.27. The first kappa shape index (κ1) is 12.3. The molecule has 0 aliphatic carbocycles. The summed E-state index contributed by atoms with van der Waals surface area (Å²) in [5.74, 6) is 1.79. The molecule has 0 radical (unpaired) electrons. The van der Waals surface area contributed by atoms with Gasteiger partial charge >= 0.3 is 0 Å². The van der Waals surface area contributed by atoms with Crippen molar-refractivity contribution in [1.82, 2.24) is 5.32 Å². The van der Waals surface area contributed by atoms with E-state index in [4.69, 9.17) is 0 Å². The molecule has 0 aromatic heterocycles. The monoisotopic (exact) mass is 189 g/mol. The number of nitrogens with one attached hydrogen (secondary N) is 1. The van der Waals surface area contributed by atoms with E-state index in [0.717, 1.165) is 18.2 Å². The SMILES string of the molecule is CCCCNCC(CS)CCC. The normalized spacial score (nSPS) is 13.2. The molecule has 0 aliphatic rings. The Balaban J connectivity index is 3.19. The lowest BCUT2D eigenvalue weighted by molar-refractivity contribution is 0.479. The molecule has 74 valence electrons. The zero-order valence-electron chi connectivity index (χ0n) is 8.47. The van der Waals surface area contributed by atoms with Gasteiger partial charge in [0.2, 0.25) is 0 Å². The van der Waals surface area contributed by atoms with Crippen molar-refractivity contribution in [1.29, 1.82) is 0 Å². The minimum absolute atomic E-state index is 0.773. The number of hydrogen-bond acceptors (Lipinski definition) is 2. The fraction of sp³-hybridized carbons (Fsp3) is 1.00. The summed E-state index contributed by atoms with van der Waals surface area (Å²) in [5.41, 5.74) is 0. The van der Waals surface area contributed by atoms with E-state index in [9.17, 15) is 0 Å². The molecule has 0 spiro atoms. The van der Waals surface area contributed by atoms with Crippen molar-refractivity contribution < 1.29 is 0 Å². The van der Waals surface area contributed by atoms with Crippen molar-refractivity contribution in [3.63, 3.8) is 0 Å². The summed E-state index contributed by atoms with van der Waals surface area (Å²) in [6.45, 7) is 6.79. The maximum absolute atomic E-state index is 4.33. The first-order valence-corrected chi connectivity index (χ1v) is 5.79. The van der Waals surface area contributed by atoms with E-state index in [1.807, 2.05) is 0 Å². The summed E-state index contributed by atoms with van der Waals surface area (Å²) < 4.78 is 0. The van der Waals surface area contributed by atoms with Crippen molar-refractivity contribution in [2.75, 3.05) is 18.8 Å². The lowest BCUT2D eigenvalue weighted by Gasteiger charge is -2.13. The lowest BCUT2D eigenvalue weighted by atomic mass is 10.1. The van der Waals surface area contributed by atoms with Gasteiger partial charge < -0.3 is 5.32 Å². The minimum Gasteiger partial charge on any atom is -0.316 e. The molecule has 12 heavy (non-hydrogen) atoms. The topological polar surface area (TPSA) is 12.0 Å². The van der Waals surface area contributed by atoms with Crippen LogP contribution in [0.4, 0.5) is 0 Å². The van der Waals surface area contributed by atoms with Crippen LogP contribution in [0.15, 0.2) is 0 Å². The van der Waals surface area contributed by atoms with Crippen molar-refractivity contribution in [2.45, 2.75) is 39.5 Å². The molecule has 1 nitrogen and oxygen atoms in total. The lowest BCUT2D eigenvalue weighted by Crippen LogP contribution is -2.24. The average Bonchev–Trinajstić information content (AvgIpc) is 2.10. The second-order valence-electron chi connectivity index (χ2n) is 3.39.